The van der Waals surface area contributed by atoms with E-state index in [0.29, 0.717) is 46.6 Å². The lowest BCUT2D eigenvalue weighted by atomic mass is 9.98. The molecule has 4 rings (SSSR count). The van der Waals surface area contributed by atoms with Crippen LogP contribution >= 0.6 is 0 Å². The molecule has 0 saturated carbocycles. The van der Waals surface area contributed by atoms with Crippen LogP contribution in [0.5, 0.6) is 5.75 Å². The number of aromatic nitrogens is 2. The van der Waals surface area contributed by atoms with Gasteiger partial charge in [0.1, 0.15) is 11.6 Å². The third kappa shape index (κ3) is 4.71. The van der Waals surface area contributed by atoms with E-state index in [2.05, 4.69) is 10.3 Å². The number of pyridine rings is 2. The molecule has 0 spiro atoms. The fraction of sp³-hybridized carbons (Fsp3) is 0.154. The molecule has 0 amide bonds. The standard InChI is InChI=1S/C26H23FN4O3/c1-34-23-10-12-29-15-21(23)16-4-6-17(7-5-16)25-20(14-28)26(30-11-2-3-24(32)33)19-13-18(27)8-9-22(19)31-25/h4-10,12-15,28H,2-3,11H2,1H3,(H,30,31)(H,32,33). The number of rotatable bonds is 9. The van der Waals surface area contributed by atoms with E-state index in [9.17, 15) is 9.18 Å². The number of hydrogen-bond donors (Lipinski definition) is 3. The van der Waals surface area contributed by atoms with Crippen molar-refractivity contribution in [3.05, 3.63) is 72.3 Å². The lowest BCUT2D eigenvalue weighted by molar-refractivity contribution is -0.137. The zero-order valence-corrected chi connectivity index (χ0v) is 18.5. The molecule has 2 aromatic heterocycles. The first-order valence-electron chi connectivity index (χ1n) is 10.7. The van der Waals surface area contributed by atoms with Gasteiger partial charge in [-0.15, -0.1) is 0 Å². The number of carbonyl (C=O) groups is 1. The van der Waals surface area contributed by atoms with Crippen molar-refractivity contribution >= 4 is 28.8 Å². The molecule has 3 N–H and O–H groups in total. The number of aliphatic carboxylic acids is 1. The second-order valence-electron chi connectivity index (χ2n) is 7.63. The van der Waals surface area contributed by atoms with Crippen LogP contribution in [-0.2, 0) is 4.79 Å². The maximum absolute atomic E-state index is 14.0. The van der Waals surface area contributed by atoms with E-state index >= 15 is 0 Å². The van der Waals surface area contributed by atoms with Crippen molar-refractivity contribution < 1.29 is 19.0 Å². The fourth-order valence-corrected chi connectivity index (χ4v) is 3.84. The van der Waals surface area contributed by atoms with Crippen LogP contribution in [0.1, 0.15) is 18.4 Å². The second-order valence-corrected chi connectivity index (χ2v) is 7.63. The normalized spacial score (nSPS) is 10.8. The third-order valence-electron chi connectivity index (χ3n) is 5.47. The van der Waals surface area contributed by atoms with Crippen molar-refractivity contribution in [3.63, 3.8) is 0 Å². The highest BCUT2D eigenvalue weighted by Crippen LogP contribution is 2.35. The Kier molecular flexibility index (Phi) is 6.77. The van der Waals surface area contributed by atoms with Gasteiger partial charge in [0.25, 0.3) is 0 Å². The van der Waals surface area contributed by atoms with Crippen LogP contribution in [0.3, 0.4) is 0 Å². The zero-order valence-electron chi connectivity index (χ0n) is 18.5. The summed E-state index contributed by atoms with van der Waals surface area (Å²) >= 11 is 0. The molecule has 8 heteroatoms. The first-order chi connectivity index (χ1) is 16.5. The summed E-state index contributed by atoms with van der Waals surface area (Å²) in [5, 5.41) is 20.7. The predicted octanol–water partition coefficient (Wildman–Crippen LogP) is 5.39. The van der Waals surface area contributed by atoms with Gasteiger partial charge in [-0.05, 0) is 36.2 Å². The Morgan fingerprint density at radius 3 is 2.65 bits per heavy atom. The number of fused-ring (bicyclic) bond motifs is 1. The van der Waals surface area contributed by atoms with E-state index < -0.39 is 11.8 Å². The van der Waals surface area contributed by atoms with Crippen molar-refractivity contribution in [2.24, 2.45) is 0 Å². The van der Waals surface area contributed by atoms with Gasteiger partial charge >= 0.3 is 5.97 Å². The first kappa shape index (κ1) is 22.8. The SMILES string of the molecule is COc1ccncc1-c1ccc(-c2nc3ccc(F)cc3c(NCCCC(=O)O)c2C=N)cc1. The molecule has 0 atom stereocenters. The third-order valence-corrected chi connectivity index (χ3v) is 5.47. The fourth-order valence-electron chi connectivity index (χ4n) is 3.84. The highest BCUT2D eigenvalue weighted by atomic mass is 19.1. The monoisotopic (exact) mass is 458 g/mol. The van der Waals surface area contributed by atoms with Gasteiger partial charge in [-0.25, -0.2) is 9.37 Å². The minimum absolute atomic E-state index is 0.0103. The molecular weight excluding hydrogens is 435 g/mol. The van der Waals surface area contributed by atoms with Crippen molar-refractivity contribution in [1.29, 1.82) is 5.41 Å². The number of anilines is 1. The summed E-state index contributed by atoms with van der Waals surface area (Å²) in [4.78, 5) is 19.8. The van der Waals surface area contributed by atoms with Crippen LogP contribution in [-0.4, -0.2) is 40.9 Å². The molecule has 0 saturated heterocycles. The molecule has 0 aliphatic carbocycles. The minimum atomic E-state index is -0.884. The van der Waals surface area contributed by atoms with Gasteiger partial charge in [-0.2, -0.15) is 0 Å². The average Bonchev–Trinajstić information content (AvgIpc) is 2.86. The molecule has 0 fully saturated rings. The van der Waals surface area contributed by atoms with Crippen LogP contribution in [0.15, 0.2) is 60.9 Å². The van der Waals surface area contributed by atoms with Gasteiger partial charge in [0.15, 0.2) is 0 Å². The summed E-state index contributed by atoms with van der Waals surface area (Å²) < 4.78 is 19.5. The Morgan fingerprint density at radius 2 is 1.94 bits per heavy atom. The van der Waals surface area contributed by atoms with E-state index in [1.54, 1.807) is 31.6 Å². The van der Waals surface area contributed by atoms with E-state index in [4.69, 9.17) is 20.2 Å². The number of ether oxygens (including phenoxy) is 1. The summed E-state index contributed by atoms with van der Waals surface area (Å²) in [6, 6.07) is 13.8. The molecule has 0 aliphatic rings. The number of methoxy groups -OCH3 is 1. The van der Waals surface area contributed by atoms with Crippen LogP contribution < -0.4 is 10.1 Å². The molecule has 0 unspecified atom stereocenters. The molecule has 7 nitrogen and oxygen atoms in total. The summed E-state index contributed by atoms with van der Waals surface area (Å²) in [7, 11) is 1.61. The van der Waals surface area contributed by atoms with Gasteiger partial charge in [0.2, 0.25) is 0 Å². The van der Waals surface area contributed by atoms with Crippen molar-refractivity contribution in [3.8, 4) is 28.1 Å². The van der Waals surface area contributed by atoms with E-state index in [0.717, 1.165) is 16.7 Å². The maximum atomic E-state index is 14.0. The maximum Gasteiger partial charge on any atom is 0.303 e. The number of carboxylic acids is 1. The molecule has 2 heterocycles. The molecule has 172 valence electrons. The van der Waals surface area contributed by atoms with Gasteiger partial charge in [-0.3, -0.25) is 9.78 Å². The molecule has 4 aromatic rings. The minimum Gasteiger partial charge on any atom is -0.496 e. The Labute approximate surface area is 195 Å². The van der Waals surface area contributed by atoms with Gasteiger partial charge < -0.3 is 20.6 Å². The topological polar surface area (TPSA) is 108 Å². The molecule has 34 heavy (non-hydrogen) atoms. The predicted molar refractivity (Wildman–Crippen MR) is 130 cm³/mol. The number of nitrogens with zero attached hydrogens (tertiary/aromatic N) is 2. The Morgan fingerprint density at radius 1 is 1.18 bits per heavy atom. The van der Waals surface area contributed by atoms with E-state index in [-0.39, 0.29) is 6.42 Å². The van der Waals surface area contributed by atoms with Crippen LogP contribution in [0.4, 0.5) is 10.1 Å². The molecule has 0 bridgehead atoms. The lowest BCUT2D eigenvalue weighted by Gasteiger charge is -2.17. The number of benzene rings is 2. The second kappa shape index (κ2) is 10.1. The number of halogens is 1. The average molecular weight is 458 g/mol. The number of hydrogen-bond acceptors (Lipinski definition) is 6. The Hall–Kier alpha value is -4.33. The summed E-state index contributed by atoms with van der Waals surface area (Å²) in [6.45, 7) is 0.363. The van der Waals surface area contributed by atoms with E-state index in [1.165, 1.54) is 18.3 Å². The van der Waals surface area contributed by atoms with Crippen LogP contribution in [0.2, 0.25) is 0 Å². The molecule has 0 aliphatic heterocycles. The molecular formula is C26H23FN4O3. The molecule has 2 aromatic carbocycles. The van der Waals surface area contributed by atoms with Crippen LogP contribution in [0.25, 0.3) is 33.3 Å². The van der Waals surface area contributed by atoms with Crippen molar-refractivity contribution in [2.75, 3.05) is 19.0 Å². The van der Waals surface area contributed by atoms with Gasteiger partial charge in [0, 0.05) is 53.7 Å². The quantitative estimate of drug-likeness (QED) is 0.229. The van der Waals surface area contributed by atoms with Crippen LogP contribution in [0, 0.1) is 11.2 Å². The summed E-state index contributed by atoms with van der Waals surface area (Å²) in [5.74, 6) is -0.589. The van der Waals surface area contributed by atoms with Crippen molar-refractivity contribution in [1.82, 2.24) is 9.97 Å². The molecule has 0 radical (unpaired) electrons. The highest BCUT2D eigenvalue weighted by molar-refractivity contribution is 6.05. The largest absolute Gasteiger partial charge is 0.496 e. The Bertz CT molecular complexity index is 1360. The zero-order chi connectivity index (χ0) is 24.1. The highest BCUT2D eigenvalue weighted by Gasteiger charge is 2.16. The van der Waals surface area contributed by atoms with E-state index in [1.807, 2.05) is 24.3 Å². The number of carboxylic acid groups (broad SMARTS) is 1. The number of nitrogens with one attached hydrogen (secondary N) is 2. The lowest BCUT2D eigenvalue weighted by Crippen LogP contribution is -2.09. The first-order valence-corrected chi connectivity index (χ1v) is 10.7. The van der Waals surface area contributed by atoms with Gasteiger partial charge in [-0.1, -0.05) is 24.3 Å². The smallest absolute Gasteiger partial charge is 0.303 e. The van der Waals surface area contributed by atoms with Crippen molar-refractivity contribution in [2.45, 2.75) is 12.8 Å². The summed E-state index contributed by atoms with van der Waals surface area (Å²) in [5.41, 5.74) is 4.75. The Balaban J connectivity index is 1.78. The van der Waals surface area contributed by atoms with Gasteiger partial charge in [0.05, 0.1) is 24.0 Å². The summed E-state index contributed by atoms with van der Waals surface area (Å²) in [6.07, 6.45) is 4.99.